The van der Waals surface area contributed by atoms with Gasteiger partial charge in [0, 0.05) is 33.6 Å². The third-order valence-electron chi connectivity index (χ3n) is 3.59. The fraction of sp³-hybridized carbons (Fsp3) is 0.429. The zero-order valence-electron chi connectivity index (χ0n) is 10.9. The van der Waals surface area contributed by atoms with Crippen LogP contribution in [0.2, 0.25) is 0 Å². The summed E-state index contributed by atoms with van der Waals surface area (Å²) in [6, 6.07) is 4.05. The van der Waals surface area contributed by atoms with Crippen molar-refractivity contribution in [1.29, 1.82) is 0 Å². The van der Waals surface area contributed by atoms with Crippen LogP contribution in [-0.4, -0.2) is 17.6 Å². The van der Waals surface area contributed by atoms with Crippen molar-refractivity contribution in [3.8, 4) is 5.75 Å². The first-order chi connectivity index (χ1) is 9.29. The van der Waals surface area contributed by atoms with Crippen molar-refractivity contribution in [2.24, 2.45) is 5.11 Å². The van der Waals surface area contributed by atoms with E-state index in [0.717, 1.165) is 37.1 Å². The van der Waals surface area contributed by atoms with E-state index in [1.165, 1.54) is 16.5 Å². The summed E-state index contributed by atoms with van der Waals surface area (Å²) >= 11 is 0. The average Bonchev–Trinajstić information content (AvgIpc) is 2.82. The number of ether oxygens (including phenoxy) is 1. The SMILES string of the molecule is C[C@H](Cc1c[nH]c2ccc3c(c12)CCCO3)N=[N+]=[N-]. The first-order valence-corrected chi connectivity index (χ1v) is 6.58. The molecule has 2 aromatic rings. The lowest BCUT2D eigenvalue weighted by Crippen LogP contribution is -2.09. The highest BCUT2D eigenvalue weighted by Crippen LogP contribution is 2.34. The summed E-state index contributed by atoms with van der Waals surface area (Å²) in [4.78, 5) is 6.17. The molecule has 0 saturated carbocycles. The van der Waals surface area contributed by atoms with E-state index in [9.17, 15) is 0 Å². The Bertz CT molecular complexity index is 655. The Morgan fingerprint density at radius 2 is 2.42 bits per heavy atom. The van der Waals surface area contributed by atoms with Crippen LogP contribution in [-0.2, 0) is 12.8 Å². The van der Waals surface area contributed by atoms with Crippen molar-refractivity contribution in [3.63, 3.8) is 0 Å². The second kappa shape index (κ2) is 4.86. The summed E-state index contributed by atoms with van der Waals surface area (Å²) in [5, 5.41) is 5.00. The minimum absolute atomic E-state index is 0.0376. The summed E-state index contributed by atoms with van der Waals surface area (Å²) in [6.45, 7) is 2.73. The van der Waals surface area contributed by atoms with Gasteiger partial charge in [-0.15, -0.1) is 0 Å². The van der Waals surface area contributed by atoms with Gasteiger partial charge in [0.05, 0.1) is 6.61 Å². The number of hydrogen-bond acceptors (Lipinski definition) is 2. The van der Waals surface area contributed by atoms with Crippen LogP contribution in [0.1, 0.15) is 24.5 Å². The highest BCUT2D eigenvalue weighted by atomic mass is 16.5. The number of aryl methyl sites for hydroxylation is 1. The molecule has 98 valence electrons. The van der Waals surface area contributed by atoms with Gasteiger partial charge >= 0.3 is 0 Å². The smallest absolute Gasteiger partial charge is 0.123 e. The third kappa shape index (κ3) is 2.13. The van der Waals surface area contributed by atoms with Gasteiger partial charge in [0.25, 0.3) is 0 Å². The molecular formula is C14H16N4O. The molecule has 1 aromatic heterocycles. The number of fused-ring (bicyclic) bond motifs is 3. The zero-order valence-corrected chi connectivity index (χ0v) is 10.9. The molecule has 1 N–H and O–H groups in total. The normalized spacial score (nSPS) is 15.4. The zero-order chi connectivity index (χ0) is 13.2. The molecule has 19 heavy (non-hydrogen) atoms. The molecule has 0 bridgehead atoms. The maximum atomic E-state index is 8.50. The molecule has 1 aliphatic heterocycles. The summed E-state index contributed by atoms with van der Waals surface area (Å²) in [6.07, 6.45) is 4.87. The Morgan fingerprint density at radius 3 is 3.26 bits per heavy atom. The molecule has 0 fully saturated rings. The van der Waals surface area contributed by atoms with Crippen LogP contribution in [0.15, 0.2) is 23.4 Å². The molecule has 0 unspecified atom stereocenters. The summed E-state index contributed by atoms with van der Waals surface area (Å²) < 4.78 is 5.71. The average molecular weight is 256 g/mol. The van der Waals surface area contributed by atoms with Crippen molar-refractivity contribution < 1.29 is 4.74 Å². The Kier molecular flexibility index (Phi) is 3.05. The van der Waals surface area contributed by atoms with E-state index in [1.54, 1.807) is 0 Å². The first kappa shape index (κ1) is 11.9. The van der Waals surface area contributed by atoms with Crippen LogP contribution in [0.5, 0.6) is 5.75 Å². The van der Waals surface area contributed by atoms with Gasteiger partial charge < -0.3 is 9.72 Å². The van der Waals surface area contributed by atoms with Gasteiger partial charge in [-0.05, 0) is 42.5 Å². The van der Waals surface area contributed by atoms with E-state index in [-0.39, 0.29) is 6.04 Å². The Morgan fingerprint density at radius 1 is 1.53 bits per heavy atom. The maximum absolute atomic E-state index is 8.50. The predicted octanol–water partition coefficient (Wildman–Crippen LogP) is 3.73. The van der Waals surface area contributed by atoms with Crippen molar-refractivity contribution in [1.82, 2.24) is 4.98 Å². The van der Waals surface area contributed by atoms with Crippen molar-refractivity contribution in [3.05, 3.63) is 39.9 Å². The standard InChI is InChI=1S/C14H16N4O/c1-9(17-18-15)7-10-8-16-12-4-5-13-11(14(10)12)3-2-6-19-13/h4-5,8-9,16H,2-3,6-7H2,1H3/t9-/m1/s1. The summed E-state index contributed by atoms with van der Waals surface area (Å²) in [7, 11) is 0. The van der Waals surface area contributed by atoms with Crippen LogP contribution < -0.4 is 4.74 Å². The van der Waals surface area contributed by atoms with E-state index >= 15 is 0 Å². The molecule has 0 amide bonds. The van der Waals surface area contributed by atoms with Crippen LogP contribution in [0.4, 0.5) is 0 Å². The minimum atomic E-state index is -0.0376. The van der Waals surface area contributed by atoms with Crippen LogP contribution in [0, 0.1) is 0 Å². The lowest BCUT2D eigenvalue weighted by Gasteiger charge is -2.18. The maximum Gasteiger partial charge on any atom is 0.123 e. The molecule has 0 aliphatic carbocycles. The van der Waals surface area contributed by atoms with Gasteiger partial charge in [-0.3, -0.25) is 0 Å². The molecule has 0 saturated heterocycles. The summed E-state index contributed by atoms with van der Waals surface area (Å²) in [5.74, 6) is 0.996. The van der Waals surface area contributed by atoms with E-state index in [4.69, 9.17) is 10.3 Å². The van der Waals surface area contributed by atoms with E-state index in [1.807, 2.05) is 19.2 Å². The van der Waals surface area contributed by atoms with E-state index in [2.05, 4.69) is 21.1 Å². The predicted molar refractivity (Wildman–Crippen MR) is 74.4 cm³/mol. The number of benzene rings is 1. The van der Waals surface area contributed by atoms with Gasteiger partial charge in [-0.2, -0.15) is 0 Å². The van der Waals surface area contributed by atoms with Crippen molar-refractivity contribution in [2.75, 3.05) is 6.61 Å². The number of nitrogens with one attached hydrogen (secondary N) is 1. The highest BCUT2D eigenvalue weighted by Gasteiger charge is 2.17. The van der Waals surface area contributed by atoms with Crippen LogP contribution in [0.3, 0.4) is 0 Å². The number of azide groups is 1. The summed E-state index contributed by atoms with van der Waals surface area (Å²) in [5.41, 5.74) is 12.1. The fourth-order valence-corrected chi connectivity index (χ4v) is 2.78. The number of aromatic nitrogens is 1. The lowest BCUT2D eigenvalue weighted by atomic mass is 9.97. The van der Waals surface area contributed by atoms with Gasteiger partial charge in [0.15, 0.2) is 0 Å². The second-order valence-electron chi connectivity index (χ2n) is 4.99. The van der Waals surface area contributed by atoms with E-state index < -0.39 is 0 Å². The third-order valence-corrected chi connectivity index (χ3v) is 3.59. The first-order valence-electron chi connectivity index (χ1n) is 6.58. The Balaban J connectivity index is 2.07. The molecule has 0 spiro atoms. The monoisotopic (exact) mass is 256 g/mol. The van der Waals surface area contributed by atoms with Crippen LogP contribution in [0.25, 0.3) is 21.3 Å². The van der Waals surface area contributed by atoms with Crippen LogP contribution >= 0.6 is 0 Å². The molecule has 5 heteroatoms. The highest BCUT2D eigenvalue weighted by molar-refractivity contribution is 5.89. The van der Waals surface area contributed by atoms with Gasteiger partial charge in [0.1, 0.15) is 5.75 Å². The molecule has 3 rings (SSSR count). The number of H-pyrrole nitrogens is 1. The molecule has 2 heterocycles. The van der Waals surface area contributed by atoms with Gasteiger partial charge in [0.2, 0.25) is 0 Å². The Hall–Kier alpha value is -2.13. The number of aromatic amines is 1. The Labute approximate surface area is 111 Å². The molecule has 5 nitrogen and oxygen atoms in total. The quantitative estimate of drug-likeness (QED) is 0.507. The lowest BCUT2D eigenvalue weighted by molar-refractivity contribution is 0.289. The molecular weight excluding hydrogens is 240 g/mol. The number of hydrogen-bond donors (Lipinski definition) is 1. The fourth-order valence-electron chi connectivity index (χ4n) is 2.78. The second-order valence-corrected chi connectivity index (χ2v) is 4.99. The molecule has 1 aliphatic rings. The number of nitrogens with zero attached hydrogens (tertiary/aromatic N) is 3. The van der Waals surface area contributed by atoms with Crippen molar-refractivity contribution in [2.45, 2.75) is 32.2 Å². The molecule has 0 radical (unpaired) electrons. The largest absolute Gasteiger partial charge is 0.493 e. The van der Waals surface area contributed by atoms with E-state index in [0.29, 0.717) is 0 Å². The molecule has 1 aromatic carbocycles. The van der Waals surface area contributed by atoms with Crippen molar-refractivity contribution >= 4 is 10.9 Å². The topological polar surface area (TPSA) is 73.8 Å². The van der Waals surface area contributed by atoms with Gasteiger partial charge in [-0.25, -0.2) is 0 Å². The number of rotatable bonds is 3. The minimum Gasteiger partial charge on any atom is -0.493 e. The van der Waals surface area contributed by atoms with Gasteiger partial charge in [-0.1, -0.05) is 12.0 Å². The molecule has 1 atom stereocenters.